The first-order chi connectivity index (χ1) is 11.7. The zero-order valence-corrected chi connectivity index (χ0v) is 15.3. The normalized spacial score (nSPS) is 10.9. The minimum absolute atomic E-state index is 0.113. The molecule has 0 radical (unpaired) electrons. The number of hydrogen-bond donors (Lipinski definition) is 0. The molecule has 0 bridgehead atoms. The maximum atomic E-state index is 12.6. The van der Waals surface area contributed by atoms with Crippen LogP contribution in [0.2, 0.25) is 0 Å². The second-order valence-corrected chi connectivity index (χ2v) is 6.79. The number of para-hydroxylation sites is 1. The Morgan fingerprint density at radius 2 is 1.32 bits per heavy atom. The molecule has 0 spiro atoms. The van der Waals surface area contributed by atoms with Crippen LogP contribution < -0.4 is 9.80 Å². The Balaban J connectivity index is 2.11. The third-order valence-corrected chi connectivity index (χ3v) is 3.62. The number of rotatable bonds is 3. The molecule has 0 aliphatic rings. The first-order valence-corrected chi connectivity index (χ1v) is 8.09. The average Bonchev–Trinajstić information content (AvgIpc) is 2.59. The van der Waals surface area contributed by atoms with E-state index < -0.39 is 11.7 Å². The number of carbonyl (C=O) groups is 2. The quantitative estimate of drug-likeness (QED) is 0.835. The van der Waals surface area contributed by atoms with E-state index in [-0.39, 0.29) is 5.91 Å². The van der Waals surface area contributed by atoms with Gasteiger partial charge in [0.15, 0.2) is 0 Å². The highest BCUT2D eigenvalue weighted by Crippen LogP contribution is 2.20. The summed E-state index contributed by atoms with van der Waals surface area (Å²) in [6.07, 6.45) is -0.437. The molecule has 0 aromatic heterocycles. The zero-order valence-electron chi connectivity index (χ0n) is 15.3. The highest BCUT2D eigenvalue weighted by atomic mass is 16.6. The summed E-state index contributed by atoms with van der Waals surface area (Å²) >= 11 is 0. The van der Waals surface area contributed by atoms with Gasteiger partial charge in [-0.3, -0.25) is 9.69 Å². The molecule has 0 fully saturated rings. The summed E-state index contributed by atoms with van der Waals surface area (Å²) in [7, 11) is 3.37. The van der Waals surface area contributed by atoms with Crippen LogP contribution in [0, 0.1) is 0 Å². The molecule has 5 heteroatoms. The Morgan fingerprint density at radius 3 is 1.84 bits per heavy atom. The van der Waals surface area contributed by atoms with E-state index in [2.05, 4.69) is 0 Å². The van der Waals surface area contributed by atoms with Gasteiger partial charge in [0.1, 0.15) is 5.60 Å². The van der Waals surface area contributed by atoms with Crippen LogP contribution in [0.25, 0.3) is 0 Å². The lowest BCUT2D eigenvalue weighted by molar-refractivity contribution is 0.0589. The molecule has 2 amide bonds. The molecule has 0 aliphatic carbocycles. The number of nitrogens with zero attached hydrogens (tertiary/aromatic N) is 2. The molecular formula is C20H24N2O3. The van der Waals surface area contributed by atoms with Gasteiger partial charge in [-0.1, -0.05) is 18.2 Å². The maximum absolute atomic E-state index is 12.6. The second-order valence-electron chi connectivity index (χ2n) is 6.79. The van der Waals surface area contributed by atoms with Gasteiger partial charge in [0.05, 0.1) is 0 Å². The fourth-order valence-electron chi connectivity index (χ4n) is 2.23. The van der Waals surface area contributed by atoms with Gasteiger partial charge >= 0.3 is 6.09 Å². The number of benzene rings is 2. The van der Waals surface area contributed by atoms with Gasteiger partial charge in [-0.05, 0) is 57.2 Å². The molecule has 0 saturated heterocycles. The van der Waals surface area contributed by atoms with Gasteiger partial charge in [0.25, 0.3) is 5.91 Å². The smallest absolute Gasteiger partial charge is 0.414 e. The highest BCUT2D eigenvalue weighted by Gasteiger charge is 2.21. The second kappa shape index (κ2) is 7.38. The van der Waals surface area contributed by atoms with E-state index in [1.54, 1.807) is 43.3 Å². The Morgan fingerprint density at radius 1 is 0.800 bits per heavy atom. The van der Waals surface area contributed by atoms with Crippen molar-refractivity contribution in [2.24, 2.45) is 0 Å². The van der Waals surface area contributed by atoms with Crippen molar-refractivity contribution >= 4 is 23.4 Å². The van der Waals surface area contributed by atoms with Gasteiger partial charge < -0.3 is 9.64 Å². The van der Waals surface area contributed by atoms with Crippen molar-refractivity contribution in [1.82, 2.24) is 0 Å². The molecule has 0 saturated carbocycles. The first kappa shape index (κ1) is 18.5. The molecule has 0 atom stereocenters. The van der Waals surface area contributed by atoms with Crippen LogP contribution in [0.5, 0.6) is 0 Å². The number of hydrogen-bond acceptors (Lipinski definition) is 3. The fraction of sp³-hybridized carbons (Fsp3) is 0.300. The summed E-state index contributed by atoms with van der Waals surface area (Å²) in [5, 5.41) is 0. The van der Waals surface area contributed by atoms with Gasteiger partial charge in [-0.25, -0.2) is 4.79 Å². The van der Waals surface area contributed by atoms with E-state index in [4.69, 9.17) is 4.74 Å². The standard InChI is InChI=1S/C20H24N2O3/c1-20(2,3)25-19(24)22(5)17-13-11-15(12-14-17)18(23)21(4)16-9-7-6-8-10-16/h6-14H,1-5H3. The van der Waals surface area contributed by atoms with E-state index in [1.807, 2.05) is 51.1 Å². The first-order valence-electron chi connectivity index (χ1n) is 8.09. The summed E-state index contributed by atoms with van der Waals surface area (Å²) < 4.78 is 5.34. The van der Waals surface area contributed by atoms with E-state index >= 15 is 0 Å². The summed E-state index contributed by atoms with van der Waals surface area (Å²) in [6.45, 7) is 5.46. The van der Waals surface area contributed by atoms with Crippen molar-refractivity contribution in [3.05, 3.63) is 60.2 Å². The maximum Gasteiger partial charge on any atom is 0.414 e. The van der Waals surface area contributed by atoms with Crippen LogP contribution in [-0.4, -0.2) is 31.7 Å². The third kappa shape index (κ3) is 4.83. The summed E-state index contributed by atoms with van der Waals surface area (Å²) in [5.74, 6) is -0.113. The highest BCUT2D eigenvalue weighted by molar-refractivity contribution is 6.06. The van der Waals surface area contributed by atoms with Crippen LogP contribution in [0.15, 0.2) is 54.6 Å². The van der Waals surface area contributed by atoms with Crippen LogP contribution in [0.3, 0.4) is 0 Å². The number of carbonyl (C=O) groups excluding carboxylic acids is 2. The Bertz CT molecular complexity index is 734. The minimum Gasteiger partial charge on any atom is -0.443 e. The van der Waals surface area contributed by atoms with E-state index in [9.17, 15) is 9.59 Å². The summed E-state index contributed by atoms with van der Waals surface area (Å²) in [5.41, 5.74) is 1.47. The molecule has 25 heavy (non-hydrogen) atoms. The fourth-order valence-corrected chi connectivity index (χ4v) is 2.23. The monoisotopic (exact) mass is 340 g/mol. The number of amides is 2. The minimum atomic E-state index is -0.556. The molecule has 0 aliphatic heterocycles. The molecular weight excluding hydrogens is 316 g/mol. The lowest BCUT2D eigenvalue weighted by atomic mass is 10.1. The van der Waals surface area contributed by atoms with Gasteiger partial charge in [-0.2, -0.15) is 0 Å². The molecule has 132 valence electrons. The predicted molar refractivity (Wildman–Crippen MR) is 100 cm³/mol. The third-order valence-electron chi connectivity index (χ3n) is 3.62. The molecule has 2 rings (SSSR count). The SMILES string of the molecule is CN(C(=O)OC(C)(C)C)c1ccc(C(=O)N(C)c2ccccc2)cc1. The largest absolute Gasteiger partial charge is 0.443 e. The Labute approximate surface area is 148 Å². The van der Waals surface area contributed by atoms with Crippen molar-refractivity contribution in [2.45, 2.75) is 26.4 Å². The van der Waals surface area contributed by atoms with Crippen molar-refractivity contribution in [3.8, 4) is 0 Å². The topological polar surface area (TPSA) is 49.9 Å². The van der Waals surface area contributed by atoms with Crippen molar-refractivity contribution in [1.29, 1.82) is 0 Å². The van der Waals surface area contributed by atoms with E-state index in [0.29, 0.717) is 11.3 Å². The molecule has 2 aromatic rings. The number of ether oxygens (including phenoxy) is 1. The Kier molecular flexibility index (Phi) is 5.47. The van der Waals surface area contributed by atoms with Crippen LogP contribution >= 0.6 is 0 Å². The molecule has 0 heterocycles. The van der Waals surface area contributed by atoms with Gasteiger partial charge in [0, 0.05) is 31.0 Å². The zero-order chi connectivity index (χ0) is 18.6. The molecule has 0 N–H and O–H groups in total. The van der Waals surface area contributed by atoms with E-state index in [1.165, 1.54) is 4.90 Å². The van der Waals surface area contributed by atoms with Gasteiger partial charge in [0.2, 0.25) is 0 Å². The van der Waals surface area contributed by atoms with Crippen LogP contribution in [0.4, 0.5) is 16.2 Å². The van der Waals surface area contributed by atoms with Crippen molar-refractivity contribution in [3.63, 3.8) is 0 Å². The van der Waals surface area contributed by atoms with Crippen molar-refractivity contribution in [2.75, 3.05) is 23.9 Å². The summed E-state index contributed by atoms with van der Waals surface area (Å²) in [6, 6.07) is 16.3. The molecule has 0 unspecified atom stereocenters. The summed E-state index contributed by atoms with van der Waals surface area (Å²) in [4.78, 5) is 27.7. The van der Waals surface area contributed by atoms with Crippen LogP contribution in [0.1, 0.15) is 31.1 Å². The lowest BCUT2D eigenvalue weighted by Crippen LogP contribution is -2.34. The average molecular weight is 340 g/mol. The van der Waals surface area contributed by atoms with Gasteiger partial charge in [-0.15, -0.1) is 0 Å². The van der Waals surface area contributed by atoms with E-state index in [0.717, 1.165) is 5.69 Å². The molecule has 5 nitrogen and oxygen atoms in total. The Hall–Kier alpha value is -2.82. The van der Waals surface area contributed by atoms with Crippen LogP contribution in [-0.2, 0) is 4.74 Å². The van der Waals surface area contributed by atoms with Crippen molar-refractivity contribution < 1.29 is 14.3 Å². The number of anilines is 2. The molecule has 2 aromatic carbocycles. The predicted octanol–water partition coefficient (Wildman–Crippen LogP) is 4.33. The lowest BCUT2D eigenvalue weighted by Gasteiger charge is -2.25.